The summed E-state index contributed by atoms with van der Waals surface area (Å²) in [7, 11) is 4.00. The average Bonchev–Trinajstić information content (AvgIpc) is 2.60. The predicted octanol–water partition coefficient (Wildman–Crippen LogP) is 3.05. The molecule has 1 aromatic carbocycles. The Labute approximate surface area is 162 Å². The molecule has 1 N–H and O–H groups in total. The number of rotatable bonds is 5. The number of carbonyl (C=O) groups is 2. The van der Waals surface area contributed by atoms with Gasteiger partial charge < -0.3 is 19.9 Å². The second-order valence-electron chi connectivity index (χ2n) is 8.48. The number of carbonyl (C=O) groups excluding carboxylic acids is 2. The highest BCUT2D eigenvalue weighted by molar-refractivity contribution is 5.79. The van der Waals surface area contributed by atoms with Crippen LogP contribution in [0.5, 0.6) is 0 Å². The fraction of sp³-hybridized carbons (Fsp3) is 0.619. The molecule has 150 valence electrons. The third-order valence-corrected chi connectivity index (χ3v) is 4.58. The van der Waals surface area contributed by atoms with Gasteiger partial charge in [0, 0.05) is 25.6 Å². The summed E-state index contributed by atoms with van der Waals surface area (Å²) in [5.41, 5.74) is 0.603. The van der Waals surface area contributed by atoms with E-state index in [4.69, 9.17) is 4.74 Å². The lowest BCUT2D eigenvalue weighted by atomic mass is 9.95. The smallest absolute Gasteiger partial charge is 0.410 e. The van der Waals surface area contributed by atoms with E-state index in [9.17, 15) is 9.59 Å². The summed E-state index contributed by atoms with van der Waals surface area (Å²) < 4.78 is 5.42. The van der Waals surface area contributed by atoms with Crippen LogP contribution in [0.1, 0.15) is 45.2 Å². The van der Waals surface area contributed by atoms with Crippen LogP contribution in [0.4, 0.5) is 4.79 Å². The molecule has 0 aliphatic carbocycles. The van der Waals surface area contributed by atoms with Crippen molar-refractivity contribution < 1.29 is 14.3 Å². The van der Waals surface area contributed by atoms with Gasteiger partial charge in [-0.2, -0.15) is 0 Å². The fourth-order valence-corrected chi connectivity index (χ4v) is 3.23. The fourth-order valence-electron chi connectivity index (χ4n) is 3.23. The predicted molar refractivity (Wildman–Crippen MR) is 106 cm³/mol. The number of likely N-dealkylation sites (tertiary alicyclic amines) is 1. The number of benzene rings is 1. The SMILES string of the molecule is CN(C)C[C@@H](NC(=O)C1CCN(C(=O)OC(C)(C)C)CC1)c1ccccc1. The van der Waals surface area contributed by atoms with Gasteiger partial charge in [0.15, 0.2) is 0 Å². The van der Waals surface area contributed by atoms with Crippen molar-refractivity contribution in [3.63, 3.8) is 0 Å². The van der Waals surface area contributed by atoms with Gasteiger partial charge in [-0.1, -0.05) is 30.3 Å². The van der Waals surface area contributed by atoms with Crippen LogP contribution in [0.2, 0.25) is 0 Å². The van der Waals surface area contributed by atoms with Crippen molar-refractivity contribution >= 4 is 12.0 Å². The number of nitrogens with zero attached hydrogens (tertiary/aromatic N) is 2. The van der Waals surface area contributed by atoms with Crippen LogP contribution in [-0.2, 0) is 9.53 Å². The van der Waals surface area contributed by atoms with Gasteiger partial charge in [-0.05, 0) is 53.3 Å². The Morgan fingerprint density at radius 1 is 1.19 bits per heavy atom. The molecule has 1 aliphatic heterocycles. The van der Waals surface area contributed by atoms with Gasteiger partial charge in [-0.3, -0.25) is 4.79 Å². The molecule has 0 saturated carbocycles. The van der Waals surface area contributed by atoms with Gasteiger partial charge >= 0.3 is 6.09 Å². The lowest BCUT2D eigenvalue weighted by Gasteiger charge is -2.33. The Balaban J connectivity index is 1.91. The van der Waals surface area contributed by atoms with Gasteiger partial charge in [0.2, 0.25) is 5.91 Å². The monoisotopic (exact) mass is 375 g/mol. The van der Waals surface area contributed by atoms with Gasteiger partial charge in [-0.15, -0.1) is 0 Å². The highest BCUT2D eigenvalue weighted by atomic mass is 16.6. The third kappa shape index (κ3) is 6.86. The highest BCUT2D eigenvalue weighted by Crippen LogP contribution is 2.22. The van der Waals surface area contributed by atoms with Crippen LogP contribution < -0.4 is 5.32 Å². The minimum atomic E-state index is -0.500. The van der Waals surface area contributed by atoms with Crippen molar-refractivity contribution in [1.29, 1.82) is 0 Å². The maximum absolute atomic E-state index is 12.8. The maximum Gasteiger partial charge on any atom is 0.410 e. The standard InChI is InChI=1S/C21H33N3O3/c1-21(2,3)27-20(26)24-13-11-17(12-14-24)19(25)22-18(15-23(4)5)16-9-7-6-8-10-16/h6-10,17-18H,11-15H2,1-5H3,(H,22,25)/t18-/m1/s1. The van der Waals surface area contributed by atoms with Crippen molar-refractivity contribution in [1.82, 2.24) is 15.1 Å². The third-order valence-electron chi connectivity index (χ3n) is 4.58. The summed E-state index contributed by atoms with van der Waals surface area (Å²) in [5, 5.41) is 3.20. The average molecular weight is 376 g/mol. The van der Waals surface area contributed by atoms with Crippen molar-refractivity contribution in [2.75, 3.05) is 33.7 Å². The zero-order valence-corrected chi connectivity index (χ0v) is 17.2. The van der Waals surface area contributed by atoms with E-state index in [0.29, 0.717) is 25.9 Å². The molecule has 1 fully saturated rings. The van der Waals surface area contributed by atoms with E-state index in [-0.39, 0.29) is 24.0 Å². The molecule has 2 rings (SSSR count). The second kappa shape index (κ2) is 9.22. The molecular formula is C21H33N3O3. The second-order valence-corrected chi connectivity index (χ2v) is 8.48. The Morgan fingerprint density at radius 3 is 2.30 bits per heavy atom. The molecule has 0 radical (unpaired) electrons. The molecule has 1 atom stereocenters. The van der Waals surface area contributed by atoms with Crippen LogP contribution in [0, 0.1) is 5.92 Å². The van der Waals surface area contributed by atoms with Crippen molar-refractivity contribution in [2.45, 2.75) is 45.3 Å². The molecule has 0 aromatic heterocycles. The van der Waals surface area contributed by atoms with E-state index < -0.39 is 5.60 Å². The zero-order chi connectivity index (χ0) is 20.0. The van der Waals surface area contributed by atoms with E-state index in [0.717, 1.165) is 12.1 Å². The Bertz CT molecular complexity index is 617. The van der Waals surface area contributed by atoms with Gasteiger partial charge in [0.1, 0.15) is 5.60 Å². The summed E-state index contributed by atoms with van der Waals surface area (Å²) in [6.07, 6.45) is 1.03. The van der Waals surface area contributed by atoms with E-state index in [2.05, 4.69) is 10.2 Å². The minimum absolute atomic E-state index is 0.0439. The number of amides is 2. The topological polar surface area (TPSA) is 61.9 Å². The molecule has 2 amide bonds. The molecule has 0 unspecified atom stereocenters. The number of ether oxygens (including phenoxy) is 1. The van der Waals surface area contributed by atoms with Gasteiger partial charge in [0.25, 0.3) is 0 Å². The first-order valence-corrected chi connectivity index (χ1v) is 9.63. The summed E-state index contributed by atoms with van der Waals surface area (Å²) in [5.74, 6) is -0.00777. The van der Waals surface area contributed by atoms with Crippen LogP contribution in [0.25, 0.3) is 0 Å². The number of piperidine rings is 1. The first-order valence-electron chi connectivity index (χ1n) is 9.63. The van der Waals surface area contributed by atoms with Crippen molar-refractivity contribution in [3.8, 4) is 0 Å². The molecule has 1 aromatic rings. The summed E-state index contributed by atoms with van der Waals surface area (Å²) in [6.45, 7) is 7.43. The molecule has 0 bridgehead atoms. The molecule has 0 spiro atoms. The van der Waals surface area contributed by atoms with Gasteiger partial charge in [-0.25, -0.2) is 4.79 Å². The maximum atomic E-state index is 12.8. The number of likely N-dealkylation sites (N-methyl/N-ethyl adjacent to an activating group) is 1. The summed E-state index contributed by atoms with van der Waals surface area (Å²) in [4.78, 5) is 28.7. The summed E-state index contributed by atoms with van der Waals surface area (Å²) >= 11 is 0. The zero-order valence-electron chi connectivity index (χ0n) is 17.2. The largest absolute Gasteiger partial charge is 0.444 e. The lowest BCUT2D eigenvalue weighted by Crippen LogP contribution is -2.46. The number of hydrogen-bond donors (Lipinski definition) is 1. The first-order chi connectivity index (χ1) is 12.7. The normalized spacial score (nSPS) is 16.9. The molecule has 6 nitrogen and oxygen atoms in total. The van der Waals surface area contributed by atoms with E-state index in [1.54, 1.807) is 4.90 Å². The molecule has 1 aliphatic rings. The van der Waals surface area contributed by atoms with E-state index in [1.807, 2.05) is 65.2 Å². The summed E-state index contributed by atoms with van der Waals surface area (Å²) in [6, 6.07) is 9.99. The molecule has 27 heavy (non-hydrogen) atoms. The van der Waals surface area contributed by atoms with Crippen LogP contribution in [0.15, 0.2) is 30.3 Å². The Kier molecular flexibility index (Phi) is 7.25. The Hall–Kier alpha value is -2.08. The highest BCUT2D eigenvalue weighted by Gasteiger charge is 2.30. The molecule has 1 heterocycles. The molecule has 1 saturated heterocycles. The minimum Gasteiger partial charge on any atom is -0.444 e. The first kappa shape index (κ1) is 21.2. The van der Waals surface area contributed by atoms with Crippen LogP contribution in [0.3, 0.4) is 0 Å². The van der Waals surface area contributed by atoms with Crippen molar-refractivity contribution in [2.24, 2.45) is 5.92 Å². The number of hydrogen-bond acceptors (Lipinski definition) is 4. The van der Waals surface area contributed by atoms with Crippen LogP contribution in [-0.4, -0.2) is 61.1 Å². The quantitative estimate of drug-likeness (QED) is 0.859. The van der Waals surface area contributed by atoms with Gasteiger partial charge in [0.05, 0.1) is 6.04 Å². The van der Waals surface area contributed by atoms with Crippen LogP contribution >= 0.6 is 0 Å². The lowest BCUT2D eigenvalue weighted by molar-refractivity contribution is -0.127. The van der Waals surface area contributed by atoms with E-state index in [1.165, 1.54) is 0 Å². The Morgan fingerprint density at radius 2 is 1.78 bits per heavy atom. The van der Waals surface area contributed by atoms with Crippen molar-refractivity contribution in [3.05, 3.63) is 35.9 Å². The van der Waals surface area contributed by atoms with E-state index >= 15 is 0 Å². The number of nitrogens with one attached hydrogen (secondary N) is 1. The molecule has 6 heteroatoms. The molecular weight excluding hydrogens is 342 g/mol.